The molecule has 0 bridgehead atoms. The topological polar surface area (TPSA) is 97.1 Å². The van der Waals surface area contributed by atoms with Gasteiger partial charge in [-0.25, -0.2) is 0 Å². The van der Waals surface area contributed by atoms with Crippen molar-refractivity contribution in [2.45, 2.75) is 25.1 Å². The number of halogens is 9. The van der Waals surface area contributed by atoms with Gasteiger partial charge in [0, 0.05) is 5.56 Å². The molecule has 0 aliphatic heterocycles. The van der Waals surface area contributed by atoms with E-state index in [0.717, 1.165) is 6.08 Å². The van der Waals surface area contributed by atoms with Gasteiger partial charge in [0.25, 0.3) is 5.91 Å². The van der Waals surface area contributed by atoms with Crippen LogP contribution in [0.15, 0.2) is 42.0 Å². The van der Waals surface area contributed by atoms with Gasteiger partial charge in [-0.3, -0.25) is 10.1 Å². The summed E-state index contributed by atoms with van der Waals surface area (Å²) in [6.07, 6.45) is -13.8. The molecule has 1 amide bonds. The van der Waals surface area contributed by atoms with Crippen molar-refractivity contribution in [2.75, 3.05) is 12.4 Å². The van der Waals surface area contributed by atoms with Crippen LogP contribution in [0.5, 0.6) is 11.5 Å². The molecule has 0 saturated carbocycles. The van der Waals surface area contributed by atoms with Crippen LogP contribution in [0.2, 0.25) is 0 Å². The Balaban J connectivity index is 1.80. The third-order valence-electron chi connectivity index (χ3n) is 4.88. The second kappa shape index (κ2) is 11.4. The van der Waals surface area contributed by atoms with Crippen LogP contribution < -0.4 is 14.8 Å². The maximum absolute atomic E-state index is 13.4. The zero-order chi connectivity index (χ0) is 29.9. The predicted molar refractivity (Wildman–Crippen MR) is 121 cm³/mol. The van der Waals surface area contributed by atoms with Gasteiger partial charge in [0.05, 0.1) is 18.2 Å². The summed E-state index contributed by atoms with van der Waals surface area (Å²) in [6, 6.07) is 6.37. The van der Waals surface area contributed by atoms with Crippen LogP contribution in [0.1, 0.15) is 27.3 Å². The number of carbonyl (C=O) groups excluding carboxylic acids is 1. The van der Waals surface area contributed by atoms with Crippen LogP contribution in [-0.4, -0.2) is 23.2 Å². The molecule has 40 heavy (non-hydrogen) atoms. The summed E-state index contributed by atoms with van der Waals surface area (Å²) in [5.74, 6) is -1.30. The monoisotopic (exact) mass is 596 g/mol. The van der Waals surface area contributed by atoms with Crippen molar-refractivity contribution >= 4 is 28.5 Å². The Morgan fingerprint density at radius 3 is 2.23 bits per heavy atom. The largest absolute Gasteiger partial charge is 0.493 e. The van der Waals surface area contributed by atoms with Crippen LogP contribution >= 0.6 is 11.3 Å². The minimum Gasteiger partial charge on any atom is -0.493 e. The maximum Gasteiger partial charge on any atom is 0.445 e. The van der Waals surface area contributed by atoms with Gasteiger partial charge in [0.15, 0.2) is 11.5 Å². The number of aromatic nitrogens is 2. The first-order valence-corrected chi connectivity index (χ1v) is 11.3. The van der Waals surface area contributed by atoms with Crippen molar-refractivity contribution in [2.24, 2.45) is 0 Å². The summed E-state index contributed by atoms with van der Waals surface area (Å²) >= 11 is 0.0399. The van der Waals surface area contributed by atoms with Gasteiger partial charge in [0.2, 0.25) is 10.1 Å². The molecule has 0 atom stereocenters. The highest BCUT2D eigenvalue weighted by molar-refractivity contribution is 7.15. The highest BCUT2D eigenvalue weighted by atomic mass is 32.1. The minimum atomic E-state index is -5.10. The maximum atomic E-state index is 13.4. The van der Waals surface area contributed by atoms with E-state index in [1.807, 2.05) is 5.32 Å². The first-order valence-electron chi connectivity index (χ1n) is 10.4. The average molecular weight is 596 g/mol. The number of hydrogen-bond donors (Lipinski definition) is 1. The lowest BCUT2D eigenvalue weighted by molar-refractivity contribution is -0.143. The average Bonchev–Trinajstić information content (AvgIpc) is 3.34. The van der Waals surface area contributed by atoms with Gasteiger partial charge in [-0.05, 0) is 35.9 Å². The lowest BCUT2D eigenvalue weighted by Gasteiger charge is -2.17. The summed E-state index contributed by atoms with van der Waals surface area (Å²) in [5, 5.41) is 15.6. The van der Waals surface area contributed by atoms with Gasteiger partial charge in [0.1, 0.15) is 18.2 Å². The predicted octanol–water partition coefficient (Wildman–Crippen LogP) is 6.73. The summed E-state index contributed by atoms with van der Waals surface area (Å²) < 4.78 is 127. The first kappa shape index (κ1) is 30.2. The second-order valence-electron chi connectivity index (χ2n) is 7.60. The molecule has 1 heterocycles. The molecule has 0 fully saturated rings. The molecule has 0 spiro atoms. The second-order valence-corrected chi connectivity index (χ2v) is 8.58. The summed E-state index contributed by atoms with van der Waals surface area (Å²) in [4.78, 5) is 12.3. The molecular formula is C23H13F9N4O3S. The molecule has 0 unspecified atom stereocenters. The van der Waals surface area contributed by atoms with E-state index in [2.05, 4.69) is 10.2 Å². The zero-order valence-electron chi connectivity index (χ0n) is 19.6. The molecule has 3 aromatic rings. The van der Waals surface area contributed by atoms with Crippen LogP contribution in [0.4, 0.5) is 44.6 Å². The number of alkyl halides is 9. The summed E-state index contributed by atoms with van der Waals surface area (Å²) in [5.41, 5.74) is -4.01. The van der Waals surface area contributed by atoms with E-state index < -0.39 is 63.4 Å². The number of amides is 1. The number of nitrogens with one attached hydrogen (secondary N) is 1. The Kier molecular flexibility index (Phi) is 8.63. The van der Waals surface area contributed by atoms with E-state index in [-0.39, 0.29) is 34.5 Å². The molecular weight excluding hydrogens is 583 g/mol. The van der Waals surface area contributed by atoms with E-state index in [0.29, 0.717) is 12.1 Å². The normalized spacial score (nSPS) is 12.6. The molecule has 212 valence electrons. The Labute approximate surface area is 222 Å². The molecule has 0 radical (unpaired) electrons. The quantitative estimate of drug-likeness (QED) is 0.185. The van der Waals surface area contributed by atoms with Gasteiger partial charge < -0.3 is 9.47 Å². The number of nitriles is 1. The highest BCUT2D eigenvalue weighted by Gasteiger charge is 2.38. The SMILES string of the molecule is COc1cc(C=C(C#N)C(=O)Nc2nnc(C(F)(F)F)s2)ccc1OCc1ccc(C(F)(F)F)cc1C(F)(F)F. The van der Waals surface area contributed by atoms with Crippen molar-refractivity contribution in [1.82, 2.24) is 10.2 Å². The minimum absolute atomic E-state index is 0.0238. The van der Waals surface area contributed by atoms with E-state index in [1.54, 1.807) is 6.07 Å². The Hall–Kier alpha value is -4.33. The van der Waals surface area contributed by atoms with Gasteiger partial charge in [-0.15, -0.1) is 10.2 Å². The molecule has 7 nitrogen and oxygen atoms in total. The van der Waals surface area contributed by atoms with E-state index in [1.165, 1.54) is 25.3 Å². The molecule has 17 heteroatoms. The van der Waals surface area contributed by atoms with Crippen molar-refractivity contribution in [3.05, 3.63) is 69.2 Å². The van der Waals surface area contributed by atoms with Crippen molar-refractivity contribution < 1.29 is 53.8 Å². The van der Waals surface area contributed by atoms with Crippen LogP contribution in [0.25, 0.3) is 6.08 Å². The summed E-state index contributed by atoms with van der Waals surface area (Å²) in [6.45, 7) is -0.786. The number of rotatable bonds is 7. The van der Waals surface area contributed by atoms with E-state index >= 15 is 0 Å². The smallest absolute Gasteiger partial charge is 0.445 e. The van der Waals surface area contributed by atoms with Crippen LogP contribution in [-0.2, 0) is 29.9 Å². The van der Waals surface area contributed by atoms with Crippen molar-refractivity contribution in [1.29, 1.82) is 5.26 Å². The molecule has 3 rings (SSSR count). The van der Waals surface area contributed by atoms with Gasteiger partial charge in [-0.2, -0.15) is 44.8 Å². The van der Waals surface area contributed by atoms with E-state index in [4.69, 9.17) is 9.47 Å². The Bertz CT molecular complexity index is 1470. The molecule has 0 aliphatic rings. The Morgan fingerprint density at radius 2 is 1.68 bits per heavy atom. The van der Waals surface area contributed by atoms with Gasteiger partial charge in [-0.1, -0.05) is 23.5 Å². The number of ether oxygens (including phenoxy) is 2. The third kappa shape index (κ3) is 7.40. The molecule has 1 N–H and O–H groups in total. The Morgan fingerprint density at radius 1 is 0.975 bits per heavy atom. The van der Waals surface area contributed by atoms with Crippen molar-refractivity contribution in [3.8, 4) is 17.6 Å². The number of methoxy groups -OCH3 is 1. The van der Waals surface area contributed by atoms with Gasteiger partial charge >= 0.3 is 18.5 Å². The highest BCUT2D eigenvalue weighted by Crippen LogP contribution is 2.38. The first-order chi connectivity index (χ1) is 18.5. The third-order valence-corrected chi connectivity index (χ3v) is 5.76. The fraction of sp³-hybridized carbons (Fsp3) is 0.217. The van der Waals surface area contributed by atoms with Crippen LogP contribution in [0.3, 0.4) is 0 Å². The van der Waals surface area contributed by atoms with Crippen LogP contribution in [0, 0.1) is 11.3 Å². The lowest BCUT2D eigenvalue weighted by Crippen LogP contribution is -2.14. The molecule has 1 aromatic heterocycles. The number of carbonyl (C=O) groups is 1. The van der Waals surface area contributed by atoms with Crippen molar-refractivity contribution in [3.63, 3.8) is 0 Å². The number of hydrogen-bond acceptors (Lipinski definition) is 7. The lowest BCUT2D eigenvalue weighted by atomic mass is 10.0. The molecule has 0 aliphatic carbocycles. The fourth-order valence-corrected chi connectivity index (χ4v) is 3.67. The number of nitrogens with zero attached hydrogens (tertiary/aromatic N) is 3. The fourth-order valence-electron chi connectivity index (χ4n) is 3.06. The number of benzene rings is 2. The molecule has 2 aromatic carbocycles. The zero-order valence-corrected chi connectivity index (χ0v) is 20.4. The standard InChI is InChI=1S/C23H13F9N4O3S/c1-38-17-7-11(6-13(9-33)18(37)34-20-36-35-19(40-20)23(30,31)32)2-5-16(17)39-10-12-3-4-14(21(24,25)26)8-15(12)22(27,28)29/h2-8H,10H2,1H3,(H,34,36,37). The number of anilines is 1. The van der Waals surface area contributed by atoms with E-state index in [9.17, 15) is 49.6 Å². The summed E-state index contributed by atoms with van der Waals surface area (Å²) in [7, 11) is 1.17. The molecule has 0 saturated heterocycles.